The summed E-state index contributed by atoms with van der Waals surface area (Å²) in [5, 5.41) is 14.0. The second-order valence-corrected chi connectivity index (χ2v) is 5.02. The molecule has 19 heavy (non-hydrogen) atoms. The minimum Gasteiger partial charge on any atom is -0.382 e. The van der Waals surface area contributed by atoms with E-state index in [1.54, 1.807) is 36.1 Å². The summed E-state index contributed by atoms with van der Waals surface area (Å²) in [5.74, 6) is -3.09. The van der Waals surface area contributed by atoms with E-state index in [-0.39, 0.29) is 0 Å². The predicted octanol–water partition coefficient (Wildman–Crippen LogP) is 2.62. The fourth-order valence-electron chi connectivity index (χ4n) is 2.79. The highest BCUT2D eigenvalue weighted by Gasteiger charge is 2.48. The van der Waals surface area contributed by atoms with Gasteiger partial charge in [-0.15, -0.1) is 0 Å². The summed E-state index contributed by atoms with van der Waals surface area (Å²) < 4.78 is 29.0. The van der Waals surface area contributed by atoms with Crippen molar-refractivity contribution in [1.82, 2.24) is 9.78 Å². The van der Waals surface area contributed by atoms with Crippen molar-refractivity contribution in [3.8, 4) is 11.3 Å². The zero-order valence-electron chi connectivity index (χ0n) is 10.7. The average molecular weight is 264 g/mol. The van der Waals surface area contributed by atoms with Crippen molar-refractivity contribution in [2.45, 2.75) is 25.4 Å². The molecule has 0 aliphatic heterocycles. The minimum atomic E-state index is -3.09. The molecular weight excluding hydrogens is 250 g/mol. The third kappa shape index (κ3) is 1.69. The number of alkyl halides is 2. The molecular formula is C14H14F2N2O. The van der Waals surface area contributed by atoms with Gasteiger partial charge in [0.05, 0.1) is 11.9 Å². The second-order valence-electron chi connectivity index (χ2n) is 5.02. The van der Waals surface area contributed by atoms with Crippen LogP contribution in [-0.2, 0) is 13.5 Å². The van der Waals surface area contributed by atoms with Gasteiger partial charge in [-0.05, 0) is 23.6 Å². The molecule has 100 valence electrons. The Labute approximate surface area is 109 Å². The first-order valence-electron chi connectivity index (χ1n) is 6.08. The molecule has 1 unspecified atom stereocenters. The van der Waals surface area contributed by atoms with Crippen molar-refractivity contribution >= 4 is 0 Å². The monoisotopic (exact) mass is 264 g/mol. The van der Waals surface area contributed by atoms with E-state index in [1.807, 2.05) is 6.92 Å². The molecule has 1 heterocycles. The Kier molecular flexibility index (Phi) is 2.50. The lowest BCUT2D eigenvalue weighted by Crippen LogP contribution is -2.21. The molecule has 0 amide bonds. The van der Waals surface area contributed by atoms with Crippen LogP contribution in [0.25, 0.3) is 11.3 Å². The quantitative estimate of drug-likeness (QED) is 0.859. The fourth-order valence-corrected chi connectivity index (χ4v) is 2.79. The van der Waals surface area contributed by atoms with E-state index in [2.05, 4.69) is 5.10 Å². The Morgan fingerprint density at radius 3 is 2.79 bits per heavy atom. The van der Waals surface area contributed by atoms with Crippen LogP contribution in [0.15, 0.2) is 24.4 Å². The maximum atomic E-state index is 13.7. The highest BCUT2D eigenvalue weighted by Crippen LogP contribution is 2.47. The maximum Gasteiger partial charge on any atom is 0.281 e. The Morgan fingerprint density at radius 2 is 2.16 bits per heavy atom. The first kappa shape index (κ1) is 12.3. The summed E-state index contributed by atoms with van der Waals surface area (Å²) >= 11 is 0. The van der Waals surface area contributed by atoms with E-state index in [1.165, 1.54) is 0 Å². The molecule has 1 aliphatic carbocycles. The summed E-state index contributed by atoms with van der Waals surface area (Å²) in [7, 11) is 1.77. The van der Waals surface area contributed by atoms with Crippen LogP contribution in [0.2, 0.25) is 0 Å². The summed E-state index contributed by atoms with van der Waals surface area (Å²) in [6.45, 7) is 1.88. The van der Waals surface area contributed by atoms with E-state index in [4.69, 9.17) is 0 Å². The molecule has 0 spiro atoms. The van der Waals surface area contributed by atoms with Gasteiger partial charge in [0, 0.05) is 19.0 Å². The zero-order valence-corrected chi connectivity index (χ0v) is 10.7. The first-order chi connectivity index (χ1) is 8.92. The van der Waals surface area contributed by atoms with Crippen molar-refractivity contribution in [2.75, 3.05) is 0 Å². The number of benzene rings is 1. The van der Waals surface area contributed by atoms with Gasteiger partial charge in [0.15, 0.2) is 0 Å². The van der Waals surface area contributed by atoms with Gasteiger partial charge in [0.1, 0.15) is 6.10 Å². The molecule has 3 nitrogen and oxygen atoms in total. The van der Waals surface area contributed by atoms with E-state index in [0.29, 0.717) is 16.7 Å². The van der Waals surface area contributed by atoms with Crippen LogP contribution in [0.1, 0.15) is 22.8 Å². The molecule has 1 aromatic carbocycles. The predicted molar refractivity (Wildman–Crippen MR) is 67.0 cm³/mol. The molecule has 0 fully saturated rings. The number of nitrogens with zero attached hydrogens (tertiary/aromatic N) is 2. The molecule has 1 aliphatic rings. The number of halogens is 2. The molecule has 0 bridgehead atoms. The second kappa shape index (κ2) is 3.87. The van der Waals surface area contributed by atoms with Crippen LogP contribution in [0.3, 0.4) is 0 Å². The Morgan fingerprint density at radius 1 is 1.42 bits per heavy atom. The lowest BCUT2D eigenvalue weighted by atomic mass is 9.97. The number of aliphatic hydroxyl groups is 1. The van der Waals surface area contributed by atoms with Gasteiger partial charge >= 0.3 is 0 Å². The van der Waals surface area contributed by atoms with Crippen LogP contribution in [0.5, 0.6) is 0 Å². The SMILES string of the molecule is Cc1cnn(C)c1-c1cccc2c1C(O)C(F)(F)C2. The molecule has 3 rings (SSSR count). The average Bonchev–Trinajstić information content (AvgIpc) is 2.78. The molecule has 0 saturated heterocycles. The number of aromatic nitrogens is 2. The number of hydrogen-bond acceptors (Lipinski definition) is 2. The number of hydrogen-bond donors (Lipinski definition) is 1. The zero-order chi connectivity index (χ0) is 13.8. The molecule has 1 N–H and O–H groups in total. The number of aliphatic hydroxyl groups excluding tert-OH is 1. The summed E-state index contributed by atoms with van der Waals surface area (Å²) in [5.41, 5.74) is 3.15. The molecule has 1 atom stereocenters. The van der Waals surface area contributed by atoms with Crippen molar-refractivity contribution in [3.63, 3.8) is 0 Å². The van der Waals surface area contributed by atoms with Crippen LogP contribution in [0.4, 0.5) is 8.78 Å². The first-order valence-corrected chi connectivity index (χ1v) is 6.08. The van der Waals surface area contributed by atoms with E-state index < -0.39 is 18.4 Å². The smallest absolute Gasteiger partial charge is 0.281 e. The maximum absolute atomic E-state index is 13.7. The third-order valence-electron chi connectivity index (χ3n) is 3.67. The molecule has 0 radical (unpaired) electrons. The van der Waals surface area contributed by atoms with Gasteiger partial charge < -0.3 is 5.11 Å². The molecule has 5 heteroatoms. The largest absolute Gasteiger partial charge is 0.382 e. The van der Waals surface area contributed by atoms with Gasteiger partial charge in [-0.3, -0.25) is 4.68 Å². The number of fused-ring (bicyclic) bond motifs is 1. The van der Waals surface area contributed by atoms with Crippen LogP contribution < -0.4 is 0 Å². The third-order valence-corrected chi connectivity index (χ3v) is 3.67. The normalized spacial score (nSPS) is 20.6. The van der Waals surface area contributed by atoms with Crippen LogP contribution in [0, 0.1) is 6.92 Å². The van der Waals surface area contributed by atoms with Crippen molar-refractivity contribution in [1.29, 1.82) is 0 Å². The standard InChI is InChI=1S/C14H14F2N2O/c1-8-7-17-18(2)12(8)10-5-3-4-9-6-14(15,16)13(19)11(9)10/h3-5,7,13,19H,6H2,1-2H3. The highest BCUT2D eigenvalue weighted by atomic mass is 19.3. The summed E-state index contributed by atoms with van der Waals surface area (Å²) in [6.07, 6.45) is -0.462. The van der Waals surface area contributed by atoms with Crippen LogP contribution in [-0.4, -0.2) is 20.8 Å². The Hall–Kier alpha value is -1.75. The van der Waals surface area contributed by atoms with Gasteiger partial charge in [-0.1, -0.05) is 18.2 Å². The number of rotatable bonds is 1. The number of aryl methyl sites for hydroxylation is 2. The van der Waals surface area contributed by atoms with Crippen molar-refractivity contribution in [3.05, 3.63) is 41.1 Å². The lowest BCUT2D eigenvalue weighted by Gasteiger charge is -2.16. The minimum absolute atomic E-state index is 0.333. The van der Waals surface area contributed by atoms with E-state index >= 15 is 0 Å². The van der Waals surface area contributed by atoms with Gasteiger partial charge in [-0.25, -0.2) is 8.78 Å². The lowest BCUT2D eigenvalue weighted by molar-refractivity contribution is -0.0966. The molecule has 1 aromatic heterocycles. The molecule has 0 saturated carbocycles. The van der Waals surface area contributed by atoms with Gasteiger partial charge in [-0.2, -0.15) is 5.10 Å². The van der Waals surface area contributed by atoms with E-state index in [9.17, 15) is 13.9 Å². The summed E-state index contributed by atoms with van der Waals surface area (Å²) in [4.78, 5) is 0. The summed E-state index contributed by atoms with van der Waals surface area (Å²) in [6, 6.07) is 5.15. The van der Waals surface area contributed by atoms with Crippen LogP contribution >= 0.6 is 0 Å². The van der Waals surface area contributed by atoms with Crippen molar-refractivity contribution < 1.29 is 13.9 Å². The Bertz CT molecular complexity index is 629. The van der Waals surface area contributed by atoms with Crippen molar-refractivity contribution in [2.24, 2.45) is 7.05 Å². The van der Waals surface area contributed by atoms with Gasteiger partial charge in [0.25, 0.3) is 5.92 Å². The fraction of sp³-hybridized carbons (Fsp3) is 0.357. The highest BCUT2D eigenvalue weighted by molar-refractivity contribution is 5.70. The Balaban J connectivity index is 2.25. The topological polar surface area (TPSA) is 38.0 Å². The molecule has 2 aromatic rings. The van der Waals surface area contributed by atoms with Gasteiger partial charge in [0.2, 0.25) is 0 Å². The van der Waals surface area contributed by atoms with E-state index in [0.717, 1.165) is 11.3 Å².